The minimum Gasteiger partial charge on any atom is -0.354 e. The van der Waals surface area contributed by atoms with E-state index in [1.165, 1.54) is 128 Å². The third kappa shape index (κ3) is 16.0. The maximum absolute atomic E-state index is 5.63. The van der Waals surface area contributed by atoms with E-state index in [4.69, 9.17) is 15.0 Å². The van der Waals surface area contributed by atoms with Crippen molar-refractivity contribution in [2.24, 2.45) is 0 Å². The van der Waals surface area contributed by atoms with Crippen molar-refractivity contribution in [3.05, 3.63) is 0 Å². The summed E-state index contributed by atoms with van der Waals surface area (Å²) in [5.41, 5.74) is 0.309. The minimum atomic E-state index is 0.0772. The lowest BCUT2D eigenvalue weighted by molar-refractivity contribution is -0.0130. The first-order valence-corrected chi connectivity index (χ1v) is 25.0. The Morgan fingerprint density at radius 3 is 1.07 bits per heavy atom. The highest BCUT2D eigenvalue weighted by atomic mass is 15.4. The number of anilines is 3. The fourth-order valence-electron chi connectivity index (χ4n) is 10.4. The number of likely N-dealkylation sites (tertiary alicyclic amines) is 2. The van der Waals surface area contributed by atoms with Crippen molar-refractivity contribution in [2.45, 2.75) is 271 Å². The number of nitrogens with one attached hydrogen (secondary N) is 1. The van der Waals surface area contributed by atoms with Gasteiger partial charge in [0.15, 0.2) is 0 Å². The lowest BCUT2D eigenvalue weighted by Crippen LogP contribution is -2.63. The van der Waals surface area contributed by atoms with Crippen LogP contribution in [-0.4, -0.2) is 92.7 Å². The van der Waals surface area contributed by atoms with Gasteiger partial charge in [-0.1, -0.05) is 136 Å². The predicted molar refractivity (Wildman–Crippen MR) is 255 cm³/mol. The van der Waals surface area contributed by atoms with Crippen LogP contribution in [0.25, 0.3) is 0 Å². The molecule has 0 radical (unpaired) electrons. The van der Waals surface area contributed by atoms with Crippen molar-refractivity contribution in [1.82, 2.24) is 24.8 Å². The zero-order valence-electron chi connectivity index (χ0n) is 41.1. The molecule has 338 valence electrons. The normalized spacial score (nSPS) is 19.7. The van der Waals surface area contributed by atoms with Crippen LogP contribution in [0.3, 0.4) is 0 Å². The van der Waals surface area contributed by atoms with E-state index in [1.54, 1.807) is 0 Å². The zero-order chi connectivity index (χ0) is 42.8. The van der Waals surface area contributed by atoms with E-state index in [2.05, 4.69) is 115 Å². The number of unbranched alkanes of at least 4 members (excludes halogenated alkanes) is 18. The van der Waals surface area contributed by atoms with E-state index >= 15 is 0 Å². The smallest absolute Gasteiger partial charge is 0.232 e. The number of hydrogen-bond donors (Lipinski definition) is 1. The zero-order valence-corrected chi connectivity index (χ0v) is 41.1. The maximum Gasteiger partial charge on any atom is 0.232 e. The minimum absolute atomic E-state index is 0.0772. The molecule has 2 aliphatic heterocycles. The Morgan fingerprint density at radius 1 is 0.448 bits per heavy atom. The van der Waals surface area contributed by atoms with E-state index < -0.39 is 0 Å². The van der Waals surface area contributed by atoms with Crippen LogP contribution >= 0.6 is 0 Å². The molecule has 0 aliphatic carbocycles. The Balaban J connectivity index is 2.02. The van der Waals surface area contributed by atoms with Crippen LogP contribution < -0.4 is 15.1 Å². The van der Waals surface area contributed by atoms with E-state index in [9.17, 15) is 0 Å². The number of rotatable bonds is 29. The van der Waals surface area contributed by atoms with Gasteiger partial charge in [0.25, 0.3) is 0 Å². The van der Waals surface area contributed by atoms with E-state index in [0.29, 0.717) is 12.1 Å². The highest BCUT2D eigenvalue weighted by Gasteiger charge is 2.47. The number of hydrogen-bond acceptors (Lipinski definition) is 8. The Labute approximate surface area is 361 Å². The van der Waals surface area contributed by atoms with Gasteiger partial charge in [-0.2, -0.15) is 15.0 Å². The molecule has 2 aliphatic rings. The molecule has 1 aromatic rings. The number of aromatic nitrogens is 3. The van der Waals surface area contributed by atoms with Crippen molar-refractivity contribution in [1.29, 1.82) is 0 Å². The Kier molecular flexibility index (Phi) is 21.6. The second-order valence-electron chi connectivity index (χ2n) is 21.4. The molecule has 8 heteroatoms. The maximum atomic E-state index is 5.63. The molecule has 1 aromatic heterocycles. The van der Waals surface area contributed by atoms with Gasteiger partial charge in [-0.25, -0.2) is 0 Å². The van der Waals surface area contributed by atoms with Crippen molar-refractivity contribution in [2.75, 3.05) is 48.8 Å². The van der Waals surface area contributed by atoms with Gasteiger partial charge >= 0.3 is 0 Å². The molecule has 2 fully saturated rings. The summed E-state index contributed by atoms with van der Waals surface area (Å²) in [6.07, 6.45) is 31.8. The first-order chi connectivity index (χ1) is 27.5. The quantitative estimate of drug-likeness (QED) is 0.0803. The van der Waals surface area contributed by atoms with Crippen LogP contribution in [0.4, 0.5) is 17.8 Å². The van der Waals surface area contributed by atoms with Crippen LogP contribution in [0.5, 0.6) is 0 Å². The van der Waals surface area contributed by atoms with Crippen molar-refractivity contribution in [3.63, 3.8) is 0 Å². The topological polar surface area (TPSA) is 63.7 Å². The molecule has 0 unspecified atom stereocenters. The third-order valence-electron chi connectivity index (χ3n) is 14.6. The van der Waals surface area contributed by atoms with Crippen LogP contribution in [0.1, 0.15) is 237 Å². The van der Waals surface area contributed by atoms with E-state index in [0.717, 1.165) is 69.6 Å². The van der Waals surface area contributed by atoms with Gasteiger partial charge in [0.05, 0.1) is 0 Å². The summed E-state index contributed by atoms with van der Waals surface area (Å²) in [5, 5.41) is 3.79. The average Bonchev–Trinajstić information content (AvgIpc) is 3.15. The number of nitrogens with zero attached hydrogens (tertiary/aromatic N) is 7. The highest BCUT2D eigenvalue weighted by molar-refractivity contribution is 5.47. The molecule has 0 atom stereocenters. The van der Waals surface area contributed by atoms with Crippen LogP contribution in [-0.2, 0) is 0 Å². The largest absolute Gasteiger partial charge is 0.354 e. The molecule has 2 saturated heterocycles. The van der Waals surface area contributed by atoms with Gasteiger partial charge in [0.2, 0.25) is 17.8 Å². The first kappa shape index (κ1) is 50.7. The monoisotopic (exact) mass is 811 g/mol. The molecule has 8 nitrogen and oxygen atoms in total. The van der Waals surface area contributed by atoms with Crippen LogP contribution in [0, 0.1) is 0 Å². The Morgan fingerprint density at radius 2 is 0.741 bits per heavy atom. The van der Waals surface area contributed by atoms with Gasteiger partial charge in [-0.3, -0.25) is 9.80 Å². The second kappa shape index (κ2) is 24.7. The molecule has 0 bridgehead atoms. The average molecular weight is 811 g/mol. The molecule has 0 aromatic carbocycles. The van der Waals surface area contributed by atoms with Crippen LogP contribution in [0.15, 0.2) is 0 Å². The second-order valence-corrected chi connectivity index (χ2v) is 21.4. The Hall–Kier alpha value is -1.67. The molecule has 3 heterocycles. The standard InChI is InChI=1S/C50H98N8/c1-14-17-20-23-26-27-28-29-32-35-51-44-52-45(57(36-33-30-24-21-18-15-2)42-38-47(4,5)55(12)48(6,7)39-42)54-46(53-44)58(37-34-31-25-22-19-16-3)43-40-49(8,9)56(13)50(10,11)41-43/h42-43H,14-41H2,1-13H3,(H,51,52,53,54). The SMILES string of the molecule is CCCCCCCCCCCNc1nc(N(CCCCCCCC)C2CC(C)(C)N(C)C(C)(C)C2)nc(N(CCCCCCCC)C2CC(C)(C)N(C)C(C)(C)C2)n1. The molecule has 0 spiro atoms. The lowest BCUT2D eigenvalue weighted by atomic mass is 9.77. The molecular formula is C50H98N8. The molecule has 0 amide bonds. The summed E-state index contributed by atoms with van der Waals surface area (Å²) in [6, 6.07) is 0.732. The summed E-state index contributed by atoms with van der Waals surface area (Å²) in [7, 11) is 4.66. The fraction of sp³-hybridized carbons (Fsp3) is 0.940. The van der Waals surface area contributed by atoms with E-state index in [1.807, 2.05) is 0 Å². The summed E-state index contributed by atoms with van der Waals surface area (Å²) in [4.78, 5) is 27.0. The molecule has 0 saturated carbocycles. The molecule has 1 N–H and O–H groups in total. The highest BCUT2D eigenvalue weighted by Crippen LogP contribution is 2.42. The molecular weight excluding hydrogens is 713 g/mol. The molecule has 3 rings (SSSR count). The van der Waals surface area contributed by atoms with Crippen LogP contribution in [0.2, 0.25) is 0 Å². The third-order valence-corrected chi connectivity index (χ3v) is 14.6. The lowest BCUT2D eigenvalue weighted by Gasteiger charge is -2.56. The van der Waals surface area contributed by atoms with E-state index in [-0.39, 0.29) is 22.2 Å². The Bertz CT molecular complexity index is 1140. The van der Waals surface area contributed by atoms with Crippen molar-refractivity contribution in [3.8, 4) is 0 Å². The fourth-order valence-corrected chi connectivity index (χ4v) is 10.4. The summed E-state index contributed by atoms with van der Waals surface area (Å²) < 4.78 is 0. The molecule has 58 heavy (non-hydrogen) atoms. The van der Waals surface area contributed by atoms with Gasteiger partial charge < -0.3 is 15.1 Å². The number of piperidine rings is 2. The van der Waals surface area contributed by atoms with Gasteiger partial charge in [-0.15, -0.1) is 0 Å². The van der Waals surface area contributed by atoms with Gasteiger partial charge in [0, 0.05) is 53.9 Å². The summed E-state index contributed by atoms with van der Waals surface area (Å²) in [5.74, 6) is 2.57. The first-order valence-electron chi connectivity index (χ1n) is 25.0. The van der Waals surface area contributed by atoms with Crippen molar-refractivity contribution < 1.29 is 0 Å². The summed E-state index contributed by atoms with van der Waals surface area (Å²) >= 11 is 0. The van der Waals surface area contributed by atoms with Crippen molar-refractivity contribution >= 4 is 17.8 Å². The van der Waals surface area contributed by atoms with Gasteiger partial charge in [0.1, 0.15) is 0 Å². The predicted octanol–water partition coefficient (Wildman–Crippen LogP) is 13.5. The summed E-state index contributed by atoms with van der Waals surface area (Å²) in [6.45, 7) is 29.3. The van der Waals surface area contributed by atoms with Gasteiger partial charge in [-0.05, 0) is 114 Å².